The number of aryl methyl sites for hydroxylation is 2. The molecule has 0 unspecified atom stereocenters. The van der Waals surface area contributed by atoms with Crippen molar-refractivity contribution in [1.29, 1.82) is 0 Å². The monoisotopic (exact) mass is 415 g/mol. The van der Waals surface area contributed by atoms with Gasteiger partial charge >= 0.3 is 12.1 Å². The van der Waals surface area contributed by atoms with E-state index in [4.69, 9.17) is 5.11 Å². The lowest BCUT2D eigenvalue weighted by atomic mass is 10.1. The summed E-state index contributed by atoms with van der Waals surface area (Å²) in [5, 5.41) is 17.3. The van der Waals surface area contributed by atoms with Crippen LogP contribution in [0, 0.1) is 13.8 Å². The van der Waals surface area contributed by atoms with Gasteiger partial charge in [-0.1, -0.05) is 0 Å². The van der Waals surface area contributed by atoms with Crippen LogP contribution in [0.4, 0.5) is 13.2 Å². The van der Waals surface area contributed by atoms with E-state index in [2.05, 4.69) is 15.2 Å². The van der Waals surface area contributed by atoms with Crippen LogP contribution in [0.3, 0.4) is 0 Å². The minimum atomic E-state index is -4.61. The Hall–Kier alpha value is -3.69. The minimum Gasteiger partial charge on any atom is -0.478 e. The van der Waals surface area contributed by atoms with Gasteiger partial charge in [0.05, 0.1) is 39.8 Å². The summed E-state index contributed by atoms with van der Waals surface area (Å²) in [6, 6.07) is 6.69. The highest BCUT2D eigenvalue weighted by Gasteiger charge is 2.36. The summed E-state index contributed by atoms with van der Waals surface area (Å²) >= 11 is 0. The lowest BCUT2D eigenvalue weighted by molar-refractivity contribution is -0.136. The summed E-state index contributed by atoms with van der Waals surface area (Å²) in [7, 11) is 1.69. The average Bonchev–Trinajstić information content (AvgIpc) is 3.20. The van der Waals surface area contributed by atoms with Crippen molar-refractivity contribution in [2.75, 3.05) is 0 Å². The van der Waals surface area contributed by atoms with Gasteiger partial charge in [-0.15, -0.1) is 0 Å². The van der Waals surface area contributed by atoms with Gasteiger partial charge in [0.1, 0.15) is 0 Å². The van der Waals surface area contributed by atoms with Gasteiger partial charge in [0, 0.05) is 18.3 Å². The minimum absolute atomic E-state index is 0.0312. The molecule has 1 N–H and O–H groups in total. The third-order valence-corrected chi connectivity index (χ3v) is 4.99. The third kappa shape index (κ3) is 3.10. The van der Waals surface area contributed by atoms with Gasteiger partial charge < -0.3 is 5.11 Å². The van der Waals surface area contributed by atoms with E-state index in [1.807, 2.05) is 0 Å². The summed E-state index contributed by atoms with van der Waals surface area (Å²) < 4.78 is 44.6. The molecule has 0 atom stereocenters. The Labute approximate surface area is 168 Å². The van der Waals surface area contributed by atoms with Crippen LogP contribution in [-0.4, -0.2) is 35.6 Å². The number of alkyl halides is 3. The molecule has 0 bridgehead atoms. The standard InChI is InChI=1S/C20H16F3N5O2/c1-10-17-15(20(21,22)23)8-16(14-9-24-27(3)11(14)2)25-18(17)28(26-10)13-6-4-12(5-7-13)19(29)30/h4-9H,1-3H3,(H,29,30). The number of aromatic nitrogens is 5. The van der Waals surface area contributed by atoms with Crippen molar-refractivity contribution in [3.63, 3.8) is 0 Å². The summed E-state index contributed by atoms with van der Waals surface area (Å²) in [6.07, 6.45) is -3.14. The molecule has 7 nitrogen and oxygen atoms in total. The Morgan fingerprint density at radius 2 is 1.80 bits per heavy atom. The Kier molecular flexibility index (Phi) is 4.37. The topological polar surface area (TPSA) is 85.8 Å². The van der Waals surface area contributed by atoms with Crippen LogP contribution in [0.2, 0.25) is 0 Å². The number of benzene rings is 1. The Morgan fingerprint density at radius 1 is 1.13 bits per heavy atom. The van der Waals surface area contributed by atoms with Crippen molar-refractivity contribution >= 4 is 17.0 Å². The second-order valence-electron chi connectivity index (χ2n) is 6.87. The second-order valence-corrected chi connectivity index (χ2v) is 6.87. The summed E-state index contributed by atoms with van der Waals surface area (Å²) in [5.74, 6) is -1.10. The molecule has 30 heavy (non-hydrogen) atoms. The number of carboxylic acid groups (broad SMARTS) is 1. The zero-order valence-electron chi connectivity index (χ0n) is 16.2. The zero-order valence-corrected chi connectivity index (χ0v) is 16.2. The fraction of sp³-hybridized carbons (Fsp3) is 0.200. The highest BCUT2D eigenvalue weighted by molar-refractivity contribution is 5.89. The van der Waals surface area contributed by atoms with Gasteiger partial charge in [-0.25, -0.2) is 14.5 Å². The highest BCUT2D eigenvalue weighted by Crippen LogP contribution is 2.39. The molecule has 0 amide bonds. The molecule has 154 valence electrons. The Morgan fingerprint density at radius 3 is 2.33 bits per heavy atom. The lowest BCUT2D eigenvalue weighted by Gasteiger charge is -2.11. The molecule has 1 aromatic carbocycles. The first-order chi connectivity index (χ1) is 14.1. The molecule has 0 radical (unpaired) electrons. The molecule has 3 aromatic heterocycles. The molecule has 3 heterocycles. The van der Waals surface area contributed by atoms with Gasteiger partial charge in [0.2, 0.25) is 0 Å². The van der Waals surface area contributed by atoms with Crippen LogP contribution in [0.25, 0.3) is 28.0 Å². The Balaban J connectivity index is 2.02. The maximum absolute atomic E-state index is 13.9. The zero-order chi connectivity index (χ0) is 21.8. The maximum atomic E-state index is 13.9. The third-order valence-electron chi connectivity index (χ3n) is 4.99. The first-order valence-electron chi connectivity index (χ1n) is 8.88. The van der Waals surface area contributed by atoms with Crippen LogP contribution in [0.1, 0.15) is 27.3 Å². The number of fused-ring (bicyclic) bond motifs is 1. The SMILES string of the molecule is Cc1nn(-c2ccc(C(=O)O)cc2)c2nc(-c3cnn(C)c3C)cc(C(F)(F)F)c12. The molecular formula is C20H16F3N5O2. The van der Waals surface area contributed by atoms with Crippen molar-refractivity contribution in [3.8, 4) is 16.9 Å². The van der Waals surface area contributed by atoms with Crippen molar-refractivity contribution in [3.05, 3.63) is 59.0 Å². The normalized spacial score (nSPS) is 11.9. The molecule has 0 aliphatic carbocycles. The number of pyridine rings is 1. The summed E-state index contributed by atoms with van der Waals surface area (Å²) in [4.78, 5) is 15.6. The van der Waals surface area contributed by atoms with Crippen LogP contribution < -0.4 is 0 Å². The molecular weight excluding hydrogens is 399 g/mol. The number of hydrogen-bond acceptors (Lipinski definition) is 4. The number of carboxylic acids is 1. The second kappa shape index (κ2) is 6.68. The molecule has 10 heteroatoms. The first kappa shape index (κ1) is 19.6. The van der Waals surface area contributed by atoms with Crippen LogP contribution in [-0.2, 0) is 13.2 Å². The van der Waals surface area contributed by atoms with Gasteiger partial charge in [-0.05, 0) is 44.2 Å². The van der Waals surface area contributed by atoms with E-state index in [9.17, 15) is 18.0 Å². The summed E-state index contributed by atoms with van der Waals surface area (Å²) in [6.45, 7) is 3.23. The van der Waals surface area contributed by atoms with Crippen LogP contribution in [0.15, 0.2) is 36.5 Å². The largest absolute Gasteiger partial charge is 0.478 e. The van der Waals surface area contributed by atoms with Gasteiger partial charge in [0.25, 0.3) is 0 Å². The highest BCUT2D eigenvalue weighted by atomic mass is 19.4. The lowest BCUT2D eigenvalue weighted by Crippen LogP contribution is -2.08. The van der Waals surface area contributed by atoms with E-state index in [1.165, 1.54) is 42.1 Å². The molecule has 0 saturated heterocycles. The van der Waals surface area contributed by atoms with Gasteiger partial charge in [-0.3, -0.25) is 4.68 Å². The van der Waals surface area contributed by atoms with Gasteiger partial charge in [-0.2, -0.15) is 23.4 Å². The molecule has 4 aromatic rings. The van der Waals surface area contributed by atoms with E-state index >= 15 is 0 Å². The van der Waals surface area contributed by atoms with Crippen LogP contribution >= 0.6 is 0 Å². The van der Waals surface area contributed by atoms with E-state index < -0.39 is 17.7 Å². The maximum Gasteiger partial charge on any atom is 0.417 e. The number of nitrogens with zero attached hydrogens (tertiary/aromatic N) is 5. The quantitative estimate of drug-likeness (QED) is 0.543. The van der Waals surface area contributed by atoms with Crippen LogP contribution in [0.5, 0.6) is 0 Å². The van der Waals surface area contributed by atoms with Crippen molar-refractivity contribution < 1.29 is 23.1 Å². The van der Waals surface area contributed by atoms with E-state index in [0.717, 1.165) is 6.07 Å². The molecule has 0 saturated carbocycles. The molecule has 4 rings (SSSR count). The first-order valence-corrected chi connectivity index (χ1v) is 8.88. The van der Waals surface area contributed by atoms with Crippen molar-refractivity contribution in [1.82, 2.24) is 24.5 Å². The van der Waals surface area contributed by atoms with Crippen molar-refractivity contribution in [2.45, 2.75) is 20.0 Å². The molecule has 0 aliphatic heterocycles. The number of halogens is 3. The fourth-order valence-corrected chi connectivity index (χ4v) is 3.33. The average molecular weight is 415 g/mol. The van der Waals surface area contributed by atoms with Crippen molar-refractivity contribution in [2.24, 2.45) is 7.05 Å². The number of aromatic carboxylic acids is 1. The number of hydrogen-bond donors (Lipinski definition) is 1. The number of carbonyl (C=O) groups is 1. The fourth-order valence-electron chi connectivity index (χ4n) is 3.33. The van der Waals surface area contributed by atoms with E-state index in [-0.39, 0.29) is 28.0 Å². The predicted octanol–water partition coefficient (Wildman–Crippen LogP) is 4.15. The van der Waals surface area contributed by atoms with Gasteiger partial charge in [0.15, 0.2) is 5.65 Å². The predicted molar refractivity (Wildman–Crippen MR) is 103 cm³/mol. The molecule has 0 fully saturated rings. The smallest absolute Gasteiger partial charge is 0.417 e. The Bertz CT molecular complexity index is 1290. The molecule has 0 aliphatic rings. The van der Waals surface area contributed by atoms with E-state index in [0.29, 0.717) is 16.9 Å². The summed E-state index contributed by atoms with van der Waals surface area (Å²) in [5.41, 5.74) is 1.10. The van der Waals surface area contributed by atoms with E-state index in [1.54, 1.807) is 18.7 Å². The number of rotatable bonds is 3. The molecule has 0 spiro atoms.